The SMILES string of the molecule is S=CC=Nc1ccncc1. The fraction of sp³-hybridized carbons (Fsp3) is 0. The number of hydrogen-bond acceptors (Lipinski definition) is 3. The Labute approximate surface area is 64.6 Å². The predicted octanol–water partition coefficient (Wildman–Crippen LogP) is 1.78. The number of rotatable bonds is 2. The van der Waals surface area contributed by atoms with Crippen LogP contribution in [0.25, 0.3) is 0 Å². The monoisotopic (exact) mass is 150 g/mol. The fourth-order valence-corrected chi connectivity index (χ4v) is 0.607. The van der Waals surface area contributed by atoms with Gasteiger partial charge in [-0.3, -0.25) is 9.98 Å². The Morgan fingerprint density at radius 3 is 2.70 bits per heavy atom. The molecule has 0 amide bonds. The first-order valence-corrected chi connectivity index (χ1v) is 3.28. The van der Waals surface area contributed by atoms with Crippen LogP contribution in [-0.2, 0) is 0 Å². The molecule has 0 unspecified atom stereocenters. The molecule has 0 aromatic carbocycles. The van der Waals surface area contributed by atoms with E-state index < -0.39 is 0 Å². The molecule has 3 heteroatoms. The summed E-state index contributed by atoms with van der Waals surface area (Å²) in [5.74, 6) is 0. The minimum atomic E-state index is 0.871. The van der Waals surface area contributed by atoms with Gasteiger partial charge in [-0.25, -0.2) is 0 Å². The minimum absolute atomic E-state index is 0.871. The molecule has 0 atom stereocenters. The highest BCUT2D eigenvalue weighted by atomic mass is 32.1. The maximum atomic E-state index is 4.56. The molecule has 1 aromatic rings. The molecule has 2 nitrogen and oxygen atoms in total. The van der Waals surface area contributed by atoms with E-state index in [-0.39, 0.29) is 0 Å². The Kier molecular flexibility index (Phi) is 2.70. The average molecular weight is 150 g/mol. The number of hydrogen-bond donors (Lipinski definition) is 0. The van der Waals surface area contributed by atoms with Crippen LogP contribution in [0.3, 0.4) is 0 Å². The average Bonchev–Trinajstić information content (AvgIpc) is 2.03. The standard InChI is InChI=1S/C7H6N2S/c10-6-5-9-7-1-3-8-4-2-7/h1-6H. The van der Waals surface area contributed by atoms with Gasteiger partial charge in [-0.1, -0.05) is 12.2 Å². The smallest absolute Gasteiger partial charge is 0.0660 e. The summed E-state index contributed by atoms with van der Waals surface area (Å²) in [6, 6.07) is 3.63. The van der Waals surface area contributed by atoms with E-state index in [9.17, 15) is 0 Å². The van der Waals surface area contributed by atoms with Crippen molar-refractivity contribution in [3.05, 3.63) is 24.5 Å². The van der Waals surface area contributed by atoms with Crippen molar-refractivity contribution in [1.82, 2.24) is 4.98 Å². The molecular weight excluding hydrogens is 144 g/mol. The summed E-state index contributed by atoms with van der Waals surface area (Å²) in [5, 5.41) is 1.47. The lowest BCUT2D eigenvalue weighted by atomic mass is 10.4. The van der Waals surface area contributed by atoms with E-state index in [1.165, 1.54) is 5.37 Å². The molecule has 0 N–H and O–H groups in total. The van der Waals surface area contributed by atoms with Crippen molar-refractivity contribution in [1.29, 1.82) is 0 Å². The van der Waals surface area contributed by atoms with E-state index in [4.69, 9.17) is 0 Å². The van der Waals surface area contributed by atoms with E-state index in [0.717, 1.165) is 5.69 Å². The molecule has 0 fully saturated rings. The van der Waals surface area contributed by atoms with Gasteiger partial charge < -0.3 is 0 Å². The molecule has 0 aliphatic heterocycles. The molecule has 0 saturated carbocycles. The van der Waals surface area contributed by atoms with Crippen LogP contribution < -0.4 is 0 Å². The Morgan fingerprint density at radius 1 is 1.40 bits per heavy atom. The third kappa shape index (κ3) is 2.03. The van der Waals surface area contributed by atoms with Gasteiger partial charge in [-0.05, 0) is 12.1 Å². The highest BCUT2D eigenvalue weighted by molar-refractivity contribution is 7.80. The van der Waals surface area contributed by atoms with Gasteiger partial charge in [0.1, 0.15) is 0 Å². The van der Waals surface area contributed by atoms with Crippen molar-refractivity contribution in [2.45, 2.75) is 0 Å². The van der Waals surface area contributed by atoms with Crippen molar-refractivity contribution >= 4 is 29.5 Å². The number of nitrogens with zero attached hydrogens (tertiary/aromatic N) is 2. The summed E-state index contributed by atoms with van der Waals surface area (Å²) in [6.45, 7) is 0. The van der Waals surface area contributed by atoms with E-state index in [1.807, 2.05) is 12.1 Å². The number of aliphatic imine (C=N–C) groups is 1. The second-order valence-electron chi connectivity index (χ2n) is 1.62. The van der Waals surface area contributed by atoms with Crippen LogP contribution in [0.15, 0.2) is 29.5 Å². The molecule has 0 aliphatic rings. The topological polar surface area (TPSA) is 25.2 Å². The van der Waals surface area contributed by atoms with E-state index in [1.54, 1.807) is 18.6 Å². The molecule has 0 bridgehead atoms. The first-order valence-electron chi connectivity index (χ1n) is 2.81. The van der Waals surface area contributed by atoms with Gasteiger partial charge in [0.05, 0.1) is 5.69 Å². The van der Waals surface area contributed by atoms with Gasteiger partial charge in [0.2, 0.25) is 0 Å². The van der Waals surface area contributed by atoms with Crippen molar-refractivity contribution in [3.8, 4) is 0 Å². The molecular formula is C7H6N2S. The zero-order valence-electron chi connectivity index (χ0n) is 5.27. The number of aromatic nitrogens is 1. The summed E-state index contributed by atoms with van der Waals surface area (Å²) >= 11 is 4.56. The maximum Gasteiger partial charge on any atom is 0.0660 e. The van der Waals surface area contributed by atoms with Crippen molar-refractivity contribution in [2.75, 3.05) is 0 Å². The zero-order valence-corrected chi connectivity index (χ0v) is 6.08. The van der Waals surface area contributed by atoms with Crippen molar-refractivity contribution in [2.24, 2.45) is 4.99 Å². The van der Waals surface area contributed by atoms with Crippen molar-refractivity contribution < 1.29 is 0 Å². The second-order valence-corrected chi connectivity index (χ2v) is 1.89. The van der Waals surface area contributed by atoms with Crippen LogP contribution in [0.4, 0.5) is 5.69 Å². The van der Waals surface area contributed by atoms with E-state index >= 15 is 0 Å². The minimum Gasteiger partial charge on any atom is -0.265 e. The van der Waals surface area contributed by atoms with Crippen LogP contribution in [0.5, 0.6) is 0 Å². The summed E-state index contributed by atoms with van der Waals surface area (Å²) in [5.41, 5.74) is 0.871. The molecule has 1 heterocycles. The number of thiocarbonyl (C=S) groups is 1. The van der Waals surface area contributed by atoms with E-state index in [2.05, 4.69) is 22.2 Å². The van der Waals surface area contributed by atoms with Crippen LogP contribution in [-0.4, -0.2) is 16.6 Å². The normalized spacial score (nSPS) is 10.0. The molecule has 0 saturated heterocycles. The van der Waals surface area contributed by atoms with Gasteiger partial charge in [0, 0.05) is 24.0 Å². The highest BCUT2D eigenvalue weighted by Crippen LogP contribution is 2.05. The molecule has 1 rings (SSSR count). The lowest BCUT2D eigenvalue weighted by Gasteiger charge is -1.86. The van der Waals surface area contributed by atoms with Crippen LogP contribution in [0.1, 0.15) is 0 Å². The van der Waals surface area contributed by atoms with Gasteiger partial charge >= 0.3 is 0 Å². The molecule has 0 radical (unpaired) electrons. The van der Waals surface area contributed by atoms with Gasteiger partial charge in [0.15, 0.2) is 0 Å². The van der Waals surface area contributed by atoms with Gasteiger partial charge in [-0.15, -0.1) is 0 Å². The van der Waals surface area contributed by atoms with Crippen molar-refractivity contribution in [3.63, 3.8) is 0 Å². The van der Waals surface area contributed by atoms with Crippen LogP contribution in [0, 0.1) is 0 Å². The van der Waals surface area contributed by atoms with Gasteiger partial charge in [0.25, 0.3) is 0 Å². The molecule has 0 aliphatic carbocycles. The lowest BCUT2D eigenvalue weighted by molar-refractivity contribution is 1.32. The third-order valence-corrected chi connectivity index (χ3v) is 1.07. The van der Waals surface area contributed by atoms with Gasteiger partial charge in [-0.2, -0.15) is 0 Å². The Morgan fingerprint density at radius 2 is 2.10 bits per heavy atom. The second kappa shape index (κ2) is 3.85. The molecule has 10 heavy (non-hydrogen) atoms. The predicted molar refractivity (Wildman–Crippen MR) is 46.0 cm³/mol. The Hall–Kier alpha value is -1.09. The van der Waals surface area contributed by atoms with E-state index in [0.29, 0.717) is 0 Å². The first-order chi connectivity index (χ1) is 4.93. The Balaban J connectivity index is 2.76. The maximum absolute atomic E-state index is 4.56. The Bertz CT molecular complexity index is 231. The summed E-state index contributed by atoms with van der Waals surface area (Å²) in [7, 11) is 0. The third-order valence-electron chi connectivity index (χ3n) is 0.947. The van der Waals surface area contributed by atoms with Crippen LogP contribution >= 0.6 is 12.2 Å². The first kappa shape index (κ1) is 7.02. The summed E-state index contributed by atoms with van der Waals surface area (Å²) in [6.07, 6.45) is 4.96. The lowest BCUT2D eigenvalue weighted by Crippen LogP contribution is -1.70. The summed E-state index contributed by atoms with van der Waals surface area (Å²) in [4.78, 5) is 7.84. The molecule has 1 aromatic heterocycles. The highest BCUT2D eigenvalue weighted by Gasteiger charge is 1.80. The number of pyridine rings is 1. The quantitative estimate of drug-likeness (QED) is 0.474. The molecule has 0 spiro atoms. The largest absolute Gasteiger partial charge is 0.265 e. The molecule has 50 valence electrons. The zero-order chi connectivity index (χ0) is 7.23. The fourth-order valence-electron chi connectivity index (χ4n) is 0.547. The summed E-state index contributed by atoms with van der Waals surface area (Å²) < 4.78 is 0. The van der Waals surface area contributed by atoms with Crippen LogP contribution in [0.2, 0.25) is 0 Å².